The third kappa shape index (κ3) is 4.29. The maximum Gasteiger partial charge on any atom is 0.133 e. The summed E-state index contributed by atoms with van der Waals surface area (Å²) in [6.45, 7) is 4.40. The largest absolute Gasteiger partial charge is 0.496 e. The van der Waals surface area contributed by atoms with Crippen LogP contribution in [0.5, 0.6) is 11.5 Å². The van der Waals surface area contributed by atoms with Gasteiger partial charge in [-0.1, -0.05) is 33.1 Å². The zero-order valence-corrected chi connectivity index (χ0v) is 15.1. The van der Waals surface area contributed by atoms with Gasteiger partial charge in [-0.3, -0.25) is 0 Å². The molecule has 0 spiro atoms. The summed E-state index contributed by atoms with van der Waals surface area (Å²) in [5.41, 5.74) is 1.01. The second kappa shape index (κ2) is 8.78. The lowest BCUT2D eigenvalue weighted by Gasteiger charge is -2.23. The molecule has 0 radical (unpaired) electrons. The van der Waals surface area contributed by atoms with Gasteiger partial charge >= 0.3 is 0 Å². The fourth-order valence-electron chi connectivity index (χ4n) is 2.38. The summed E-state index contributed by atoms with van der Waals surface area (Å²) in [6, 6.07) is 3.91. The molecule has 0 aliphatic heterocycles. The van der Waals surface area contributed by atoms with Crippen molar-refractivity contribution >= 4 is 27.5 Å². The van der Waals surface area contributed by atoms with E-state index in [4.69, 9.17) is 21.1 Å². The third-order valence-corrected chi connectivity index (χ3v) is 4.88. The smallest absolute Gasteiger partial charge is 0.133 e. The molecular formula is C16H24BrClO2. The minimum Gasteiger partial charge on any atom is -0.496 e. The fraction of sp³-hybridized carbons (Fsp3) is 0.625. The van der Waals surface area contributed by atoms with Crippen LogP contribution in [-0.4, -0.2) is 14.2 Å². The van der Waals surface area contributed by atoms with Gasteiger partial charge in [0, 0.05) is 5.56 Å². The monoisotopic (exact) mass is 362 g/mol. The van der Waals surface area contributed by atoms with E-state index < -0.39 is 0 Å². The highest BCUT2D eigenvalue weighted by Gasteiger charge is 2.23. The molecule has 0 amide bonds. The fourth-order valence-corrected chi connectivity index (χ4v) is 3.34. The van der Waals surface area contributed by atoms with Crippen LogP contribution in [-0.2, 0) is 0 Å². The van der Waals surface area contributed by atoms with Crippen molar-refractivity contribution in [2.75, 3.05) is 14.2 Å². The van der Waals surface area contributed by atoms with Crippen LogP contribution < -0.4 is 9.47 Å². The van der Waals surface area contributed by atoms with Gasteiger partial charge in [0.05, 0.1) is 24.1 Å². The van der Waals surface area contributed by atoms with E-state index in [0.29, 0.717) is 5.92 Å². The average Bonchev–Trinajstić information content (AvgIpc) is 2.47. The Bertz CT molecular complexity index is 423. The van der Waals surface area contributed by atoms with Gasteiger partial charge in [0.2, 0.25) is 0 Å². The Hall–Kier alpha value is -0.410. The number of unbranched alkanes of at least 4 members (excludes halogenated alkanes) is 1. The van der Waals surface area contributed by atoms with E-state index in [1.807, 2.05) is 12.1 Å². The van der Waals surface area contributed by atoms with Crippen molar-refractivity contribution in [3.63, 3.8) is 0 Å². The number of ether oxygens (including phenoxy) is 2. The van der Waals surface area contributed by atoms with E-state index in [0.717, 1.165) is 34.4 Å². The molecule has 0 aliphatic carbocycles. The minimum absolute atomic E-state index is 0.0523. The molecule has 0 heterocycles. The number of hydrogen-bond acceptors (Lipinski definition) is 2. The van der Waals surface area contributed by atoms with Gasteiger partial charge < -0.3 is 9.47 Å². The third-order valence-electron chi connectivity index (χ3n) is 3.67. The van der Waals surface area contributed by atoms with Crippen LogP contribution in [0.4, 0.5) is 0 Å². The van der Waals surface area contributed by atoms with Crippen LogP contribution in [0, 0.1) is 5.92 Å². The van der Waals surface area contributed by atoms with Crippen LogP contribution in [0.15, 0.2) is 16.6 Å². The summed E-state index contributed by atoms with van der Waals surface area (Å²) in [7, 11) is 3.34. The van der Waals surface area contributed by atoms with Crippen molar-refractivity contribution in [1.82, 2.24) is 0 Å². The van der Waals surface area contributed by atoms with Crippen molar-refractivity contribution in [3.05, 3.63) is 22.2 Å². The molecule has 1 aromatic carbocycles. The Labute approximate surface area is 135 Å². The number of benzene rings is 1. The second-order valence-electron chi connectivity index (χ2n) is 4.94. The first-order chi connectivity index (χ1) is 9.58. The molecule has 0 N–H and O–H groups in total. The van der Waals surface area contributed by atoms with Gasteiger partial charge in [-0.25, -0.2) is 0 Å². The quantitative estimate of drug-likeness (QED) is 0.530. The molecule has 1 aromatic rings. The second-order valence-corrected chi connectivity index (χ2v) is 6.27. The molecule has 114 valence electrons. The van der Waals surface area contributed by atoms with Crippen LogP contribution >= 0.6 is 27.5 Å². The van der Waals surface area contributed by atoms with Gasteiger partial charge in [0.25, 0.3) is 0 Å². The van der Waals surface area contributed by atoms with Gasteiger partial charge in [0.15, 0.2) is 0 Å². The summed E-state index contributed by atoms with van der Waals surface area (Å²) in [5.74, 6) is 2.06. The maximum atomic E-state index is 6.72. The van der Waals surface area contributed by atoms with Crippen molar-refractivity contribution in [2.24, 2.45) is 5.92 Å². The SMILES string of the molecule is CCCCC(CC)C(Cl)c1cc(OC)c(Br)cc1OC. The zero-order valence-electron chi connectivity index (χ0n) is 12.7. The number of rotatable bonds is 8. The van der Waals surface area contributed by atoms with Crippen molar-refractivity contribution in [1.29, 1.82) is 0 Å². The lowest BCUT2D eigenvalue weighted by molar-refractivity contribution is 0.382. The molecule has 0 aromatic heterocycles. The summed E-state index contributed by atoms with van der Waals surface area (Å²) < 4.78 is 11.7. The van der Waals surface area contributed by atoms with Crippen molar-refractivity contribution < 1.29 is 9.47 Å². The lowest BCUT2D eigenvalue weighted by atomic mass is 9.91. The van der Waals surface area contributed by atoms with Gasteiger partial charge in [0.1, 0.15) is 11.5 Å². The average molecular weight is 364 g/mol. The summed E-state index contributed by atoms with van der Waals surface area (Å²) in [4.78, 5) is 0. The lowest BCUT2D eigenvalue weighted by Crippen LogP contribution is -2.09. The van der Waals surface area contributed by atoms with Crippen molar-refractivity contribution in [3.8, 4) is 11.5 Å². The van der Waals surface area contributed by atoms with E-state index in [1.54, 1.807) is 14.2 Å². The minimum atomic E-state index is -0.0523. The Kier molecular flexibility index (Phi) is 7.75. The Morgan fingerprint density at radius 2 is 1.80 bits per heavy atom. The van der Waals surface area contributed by atoms with E-state index >= 15 is 0 Å². The predicted molar refractivity (Wildman–Crippen MR) is 89.1 cm³/mol. The molecule has 4 heteroatoms. The summed E-state index contributed by atoms with van der Waals surface area (Å²) in [6.07, 6.45) is 4.61. The van der Waals surface area contributed by atoms with Crippen molar-refractivity contribution in [2.45, 2.75) is 44.9 Å². The molecule has 1 rings (SSSR count). The molecule has 20 heavy (non-hydrogen) atoms. The summed E-state index contributed by atoms with van der Waals surface area (Å²) in [5, 5.41) is -0.0523. The molecule has 2 unspecified atom stereocenters. The molecule has 0 aliphatic rings. The highest BCUT2D eigenvalue weighted by atomic mass is 79.9. The standard InChI is InChI=1S/C16H24BrClO2/c1-5-7-8-11(6-2)16(18)12-9-15(20-4)13(17)10-14(12)19-3/h9-11,16H,5-8H2,1-4H3. The van der Waals surface area contributed by atoms with E-state index in [2.05, 4.69) is 29.8 Å². The van der Waals surface area contributed by atoms with Gasteiger partial charge in [-0.15, -0.1) is 11.6 Å². The first-order valence-corrected chi connectivity index (χ1v) is 8.37. The number of halogens is 2. The first-order valence-electron chi connectivity index (χ1n) is 7.14. The Morgan fingerprint density at radius 3 is 2.30 bits per heavy atom. The van der Waals surface area contributed by atoms with Crippen LogP contribution in [0.2, 0.25) is 0 Å². The molecule has 0 saturated carbocycles. The number of hydrogen-bond donors (Lipinski definition) is 0. The maximum absolute atomic E-state index is 6.72. The molecule has 0 fully saturated rings. The number of methoxy groups -OCH3 is 2. The highest BCUT2D eigenvalue weighted by Crippen LogP contribution is 2.43. The predicted octanol–water partition coefficient (Wildman–Crippen LogP) is 5.96. The molecule has 0 bridgehead atoms. The Morgan fingerprint density at radius 1 is 1.15 bits per heavy atom. The topological polar surface area (TPSA) is 18.5 Å². The zero-order chi connectivity index (χ0) is 15.1. The van der Waals surface area contributed by atoms with Crippen LogP contribution in [0.25, 0.3) is 0 Å². The van der Waals surface area contributed by atoms with Gasteiger partial charge in [-0.2, -0.15) is 0 Å². The van der Waals surface area contributed by atoms with Crippen LogP contribution in [0.3, 0.4) is 0 Å². The Balaban J connectivity index is 3.08. The van der Waals surface area contributed by atoms with E-state index in [1.165, 1.54) is 12.8 Å². The summed E-state index contributed by atoms with van der Waals surface area (Å²) >= 11 is 10.2. The molecule has 2 atom stereocenters. The van der Waals surface area contributed by atoms with Gasteiger partial charge in [-0.05, 0) is 40.4 Å². The molecular weight excluding hydrogens is 340 g/mol. The number of alkyl halides is 1. The van der Waals surface area contributed by atoms with Crippen LogP contribution in [0.1, 0.15) is 50.5 Å². The molecule has 0 saturated heterocycles. The van der Waals surface area contributed by atoms with E-state index in [-0.39, 0.29) is 5.38 Å². The molecule has 2 nitrogen and oxygen atoms in total. The highest BCUT2D eigenvalue weighted by molar-refractivity contribution is 9.10. The van der Waals surface area contributed by atoms with E-state index in [9.17, 15) is 0 Å². The normalized spacial score (nSPS) is 13.9. The first kappa shape index (κ1) is 17.6.